The maximum atomic E-state index is 11.9. The van der Waals surface area contributed by atoms with Gasteiger partial charge in [0.1, 0.15) is 5.78 Å². The number of carbonyl (C=O) groups is 3. The van der Waals surface area contributed by atoms with Crippen LogP contribution in [0.4, 0.5) is 0 Å². The standard InChI is InChI=1S/C17H26N4O3/c1-16(2,14(23)20-11-18)9-5-7-13(22)8-6-10-17(3,4)15(24)21-12-19/h5-10H2,1-4H3,(H,20,23)(H,21,24). The molecule has 0 aromatic carbocycles. The van der Waals surface area contributed by atoms with Gasteiger partial charge in [0.15, 0.2) is 12.4 Å². The molecule has 0 aliphatic carbocycles. The van der Waals surface area contributed by atoms with Crippen molar-refractivity contribution in [3.05, 3.63) is 0 Å². The summed E-state index contributed by atoms with van der Waals surface area (Å²) >= 11 is 0. The molecule has 2 amide bonds. The number of carbonyl (C=O) groups excluding carboxylic acids is 3. The van der Waals surface area contributed by atoms with Crippen LogP contribution in [-0.2, 0) is 14.4 Å². The van der Waals surface area contributed by atoms with Gasteiger partial charge in [0.2, 0.25) is 11.8 Å². The van der Waals surface area contributed by atoms with Crippen molar-refractivity contribution in [1.29, 1.82) is 10.5 Å². The van der Waals surface area contributed by atoms with E-state index in [9.17, 15) is 14.4 Å². The number of ketones is 1. The van der Waals surface area contributed by atoms with E-state index in [0.717, 1.165) is 0 Å². The molecule has 0 spiro atoms. The van der Waals surface area contributed by atoms with Crippen molar-refractivity contribution >= 4 is 17.6 Å². The van der Waals surface area contributed by atoms with Crippen LogP contribution in [0.15, 0.2) is 0 Å². The molecule has 0 aromatic heterocycles. The summed E-state index contributed by atoms with van der Waals surface area (Å²) in [5, 5.41) is 21.2. The summed E-state index contributed by atoms with van der Waals surface area (Å²) in [7, 11) is 0. The lowest BCUT2D eigenvalue weighted by Gasteiger charge is -2.22. The molecule has 0 aromatic rings. The van der Waals surface area contributed by atoms with Gasteiger partial charge in [0.05, 0.1) is 0 Å². The average molecular weight is 334 g/mol. The lowest BCUT2D eigenvalue weighted by atomic mass is 9.84. The van der Waals surface area contributed by atoms with Gasteiger partial charge in [-0.05, 0) is 25.7 Å². The number of nitrogens with one attached hydrogen (secondary N) is 2. The summed E-state index contributed by atoms with van der Waals surface area (Å²) in [4.78, 5) is 35.2. The summed E-state index contributed by atoms with van der Waals surface area (Å²) < 4.78 is 0. The Labute approximate surface area is 143 Å². The fourth-order valence-corrected chi connectivity index (χ4v) is 2.25. The van der Waals surface area contributed by atoms with Gasteiger partial charge in [-0.15, -0.1) is 0 Å². The molecule has 0 aliphatic heterocycles. The van der Waals surface area contributed by atoms with E-state index in [-0.39, 0.29) is 17.6 Å². The van der Waals surface area contributed by atoms with Crippen molar-refractivity contribution in [2.45, 2.75) is 66.2 Å². The van der Waals surface area contributed by atoms with Crippen LogP contribution in [0.5, 0.6) is 0 Å². The highest BCUT2D eigenvalue weighted by molar-refractivity contribution is 5.84. The monoisotopic (exact) mass is 334 g/mol. The van der Waals surface area contributed by atoms with E-state index >= 15 is 0 Å². The van der Waals surface area contributed by atoms with Crippen LogP contribution in [-0.4, -0.2) is 17.6 Å². The van der Waals surface area contributed by atoms with Crippen molar-refractivity contribution in [1.82, 2.24) is 10.6 Å². The van der Waals surface area contributed by atoms with Gasteiger partial charge in [-0.3, -0.25) is 25.0 Å². The maximum absolute atomic E-state index is 11.9. The second-order valence-electron chi connectivity index (χ2n) is 7.15. The molecule has 2 N–H and O–H groups in total. The van der Waals surface area contributed by atoms with Gasteiger partial charge in [0.25, 0.3) is 0 Å². The minimum Gasteiger partial charge on any atom is -0.300 e. The highest BCUT2D eigenvalue weighted by Crippen LogP contribution is 2.25. The molecule has 7 heteroatoms. The second-order valence-corrected chi connectivity index (χ2v) is 7.15. The summed E-state index contributed by atoms with van der Waals surface area (Å²) in [6.45, 7) is 6.95. The number of rotatable bonds is 10. The van der Waals surface area contributed by atoms with Gasteiger partial charge in [-0.2, -0.15) is 10.5 Å². The van der Waals surface area contributed by atoms with Gasteiger partial charge in [-0.25, -0.2) is 0 Å². The Bertz CT molecular complexity index is 505. The molecule has 0 saturated heterocycles. The average Bonchev–Trinajstić information content (AvgIpc) is 2.47. The Hall–Kier alpha value is -2.41. The highest BCUT2D eigenvalue weighted by atomic mass is 16.2. The number of amides is 2. The Morgan fingerprint density at radius 1 is 0.792 bits per heavy atom. The summed E-state index contributed by atoms with van der Waals surface area (Å²) in [5.41, 5.74) is -1.37. The SMILES string of the molecule is CC(C)(CCCC(=O)CCCC(C)(C)C(=O)NC#N)C(=O)NC#N. The topological polar surface area (TPSA) is 123 Å². The first kappa shape index (κ1) is 21.6. The third-order valence-electron chi connectivity index (χ3n) is 4.08. The van der Waals surface area contributed by atoms with Gasteiger partial charge in [-0.1, -0.05) is 27.7 Å². The number of hydrogen-bond donors (Lipinski definition) is 2. The molecule has 0 rings (SSSR count). The van der Waals surface area contributed by atoms with Crippen LogP contribution >= 0.6 is 0 Å². The van der Waals surface area contributed by atoms with E-state index in [4.69, 9.17) is 10.5 Å². The number of Topliss-reactive ketones (excluding diaryl/α,β-unsaturated/α-hetero) is 1. The lowest BCUT2D eigenvalue weighted by molar-refractivity contribution is -0.129. The molecule has 0 bridgehead atoms. The molecule has 132 valence electrons. The predicted molar refractivity (Wildman–Crippen MR) is 87.8 cm³/mol. The van der Waals surface area contributed by atoms with Crippen molar-refractivity contribution in [2.75, 3.05) is 0 Å². The molecule has 0 heterocycles. The van der Waals surface area contributed by atoms with E-state index in [1.165, 1.54) is 0 Å². The van der Waals surface area contributed by atoms with Crippen LogP contribution in [0, 0.1) is 33.7 Å². The molecule has 0 radical (unpaired) electrons. The Morgan fingerprint density at radius 2 is 1.12 bits per heavy atom. The Kier molecular flexibility index (Phi) is 8.70. The highest BCUT2D eigenvalue weighted by Gasteiger charge is 2.28. The first-order valence-electron chi connectivity index (χ1n) is 7.97. The first-order chi connectivity index (χ1) is 11.1. The van der Waals surface area contributed by atoms with Crippen molar-refractivity contribution in [3.63, 3.8) is 0 Å². The lowest BCUT2D eigenvalue weighted by Crippen LogP contribution is -2.34. The smallest absolute Gasteiger partial charge is 0.238 e. The first-order valence-corrected chi connectivity index (χ1v) is 7.97. The Balaban J connectivity index is 4.13. The second kappa shape index (κ2) is 9.67. The zero-order valence-corrected chi connectivity index (χ0v) is 14.9. The molecule has 0 unspecified atom stereocenters. The molecule has 0 saturated carbocycles. The molecule has 0 atom stereocenters. The van der Waals surface area contributed by atoms with Crippen molar-refractivity contribution in [3.8, 4) is 12.4 Å². The van der Waals surface area contributed by atoms with Gasteiger partial charge < -0.3 is 0 Å². The number of nitrogens with zero attached hydrogens (tertiary/aromatic N) is 2. The zero-order chi connectivity index (χ0) is 18.8. The fraction of sp³-hybridized carbons (Fsp3) is 0.706. The van der Waals surface area contributed by atoms with E-state index in [2.05, 4.69) is 10.6 Å². The van der Waals surface area contributed by atoms with Crippen LogP contribution in [0.1, 0.15) is 66.2 Å². The number of hydrogen-bond acceptors (Lipinski definition) is 5. The third kappa shape index (κ3) is 7.73. The van der Waals surface area contributed by atoms with E-state index in [1.54, 1.807) is 40.1 Å². The maximum Gasteiger partial charge on any atom is 0.238 e. The van der Waals surface area contributed by atoms with Crippen molar-refractivity contribution < 1.29 is 14.4 Å². The molecule has 7 nitrogen and oxygen atoms in total. The van der Waals surface area contributed by atoms with E-state index in [1.807, 2.05) is 0 Å². The summed E-state index contributed by atoms with van der Waals surface area (Å²) in [6, 6.07) is 0. The predicted octanol–water partition coefficient (Wildman–Crippen LogP) is 2.14. The van der Waals surface area contributed by atoms with Crippen LogP contribution in [0.2, 0.25) is 0 Å². The normalized spacial score (nSPS) is 11.1. The van der Waals surface area contributed by atoms with E-state index < -0.39 is 10.8 Å². The molecular formula is C17H26N4O3. The summed E-state index contributed by atoms with van der Waals surface area (Å²) in [5.74, 6) is -0.603. The van der Waals surface area contributed by atoms with Crippen molar-refractivity contribution in [2.24, 2.45) is 10.8 Å². The van der Waals surface area contributed by atoms with Crippen LogP contribution in [0.25, 0.3) is 0 Å². The van der Waals surface area contributed by atoms with Crippen LogP contribution < -0.4 is 10.6 Å². The third-order valence-corrected chi connectivity index (χ3v) is 4.08. The summed E-state index contributed by atoms with van der Waals surface area (Å²) in [6.07, 6.45) is 6.14. The van der Waals surface area contributed by atoms with Crippen LogP contribution in [0.3, 0.4) is 0 Å². The number of nitriles is 2. The molecule has 24 heavy (non-hydrogen) atoms. The van der Waals surface area contributed by atoms with Gasteiger partial charge >= 0.3 is 0 Å². The minimum absolute atomic E-state index is 0.0861. The van der Waals surface area contributed by atoms with E-state index in [0.29, 0.717) is 38.5 Å². The Morgan fingerprint density at radius 3 is 1.42 bits per heavy atom. The molecular weight excluding hydrogens is 308 g/mol. The van der Waals surface area contributed by atoms with Gasteiger partial charge in [0, 0.05) is 23.7 Å². The quantitative estimate of drug-likeness (QED) is 0.468. The molecule has 0 aliphatic rings. The zero-order valence-electron chi connectivity index (χ0n) is 14.9. The fourth-order valence-electron chi connectivity index (χ4n) is 2.25. The largest absolute Gasteiger partial charge is 0.300 e. The molecule has 0 fully saturated rings. The minimum atomic E-state index is -0.687.